The normalized spacial score (nSPS) is 16.8. The van der Waals surface area contributed by atoms with E-state index in [9.17, 15) is 9.90 Å². The zero-order valence-corrected chi connectivity index (χ0v) is 18.9. The van der Waals surface area contributed by atoms with Crippen molar-refractivity contribution in [2.24, 2.45) is 0 Å². The lowest BCUT2D eigenvalue weighted by Crippen LogP contribution is -3.00. The molecule has 0 radical (unpaired) electrons. The summed E-state index contributed by atoms with van der Waals surface area (Å²) >= 11 is 0. The van der Waals surface area contributed by atoms with Crippen LogP contribution in [0, 0.1) is 24.7 Å². The van der Waals surface area contributed by atoms with Crippen LogP contribution in [0.2, 0.25) is 0 Å². The van der Waals surface area contributed by atoms with Crippen LogP contribution in [-0.2, 0) is 11.3 Å². The van der Waals surface area contributed by atoms with Gasteiger partial charge in [-0.25, -0.2) is 0 Å². The SMILES string of the molecule is C#CCN1/C(=C/C2=C(O)C(=C\c3oc4ccccc4[n+]3CC#C)/C2=O)Oc2ccccc21.[Br-]. The maximum Gasteiger partial charge on any atom is 0.375 e. The Morgan fingerprint density at radius 1 is 1.06 bits per heavy atom. The molecule has 5 rings (SSSR count). The number of ketones is 1. The fraction of sp³-hybridized carbons (Fsp3) is 0.0769. The average molecular weight is 501 g/mol. The minimum atomic E-state index is -0.331. The number of hydrogen-bond donors (Lipinski definition) is 1. The Labute approximate surface area is 200 Å². The van der Waals surface area contributed by atoms with Crippen molar-refractivity contribution in [3.63, 3.8) is 0 Å². The molecule has 1 N–H and O–H groups in total. The van der Waals surface area contributed by atoms with Crippen LogP contribution in [-0.4, -0.2) is 17.4 Å². The number of terminal acetylenes is 2. The molecule has 0 atom stereocenters. The van der Waals surface area contributed by atoms with E-state index < -0.39 is 0 Å². The molecule has 2 heterocycles. The Kier molecular flexibility index (Phi) is 5.83. The molecule has 1 aromatic heterocycles. The molecule has 6 nitrogen and oxygen atoms in total. The standard InChI is InChI=1S/C26H16N2O4.BrH/c1-3-13-27-19-9-5-7-11-21(19)31-23(27)15-17-25(29)18(26(17)30)16-24-28(14-4-2)20-10-6-8-12-22(20)32-24;/h1-2,5-12,15-16H,13-14H2;1H. The van der Waals surface area contributed by atoms with Gasteiger partial charge in [0.05, 0.1) is 29.5 Å². The molecule has 0 unspecified atom stereocenters. The highest BCUT2D eigenvalue weighted by atomic mass is 79.9. The predicted octanol–water partition coefficient (Wildman–Crippen LogP) is 0.509. The molecule has 0 spiro atoms. The third kappa shape index (κ3) is 3.59. The van der Waals surface area contributed by atoms with Crippen LogP contribution in [0.4, 0.5) is 5.69 Å². The summed E-state index contributed by atoms with van der Waals surface area (Å²) in [5, 5.41) is 10.6. The lowest BCUT2D eigenvalue weighted by atomic mass is 9.87. The minimum Gasteiger partial charge on any atom is -1.00 e. The first-order valence-electron chi connectivity index (χ1n) is 9.86. The third-order valence-electron chi connectivity index (χ3n) is 5.31. The summed E-state index contributed by atoms with van der Waals surface area (Å²) in [6.45, 7) is 0.525. The Morgan fingerprint density at radius 2 is 1.82 bits per heavy atom. The maximum absolute atomic E-state index is 12.8. The van der Waals surface area contributed by atoms with E-state index in [1.54, 1.807) is 9.47 Å². The van der Waals surface area contributed by atoms with Gasteiger partial charge in [0.2, 0.25) is 23.8 Å². The molecule has 2 aromatic carbocycles. The fourth-order valence-electron chi connectivity index (χ4n) is 3.79. The zero-order chi connectivity index (χ0) is 22.2. The molecule has 0 saturated heterocycles. The van der Waals surface area contributed by atoms with E-state index >= 15 is 0 Å². The van der Waals surface area contributed by atoms with Crippen molar-refractivity contribution in [3.8, 4) is 30.4 Å². The third-order valence-corrected chi connectivity index (χ3v) is 5.31. The predicted molar refractivity (Wildman–Crippen MR) is 119 cm³/mol. The molecule has 162 valence electrons. The van der Waals surface area contributed by atoms with Gasteiger partial charge in [-0.3, -0.25) is 9.69 Å². The number of carbonyl (C=O) groups excluding carboxylic acids is 1. The van der Waals surface area contributed by atoms with Crippen LogP contribution >= 0.6 is 0 Å². The lowest BCUT2D eigenvalue weighted by molar-refractivity contribution is -0.665. The van der Waals surface area contributed by atoms with E-state index in [4.69, 9.17) is 22.0 Å². The number of ether oxygens (including phenoxy) is 1. The van der Waals surface area contributed by atoms with Gasteiger partial charge in [0.1, 0.15) is 5.76 Å². The second-order valence-electron chi connectivity index (χ2n) is 7.19. The summed E-state index contributed by atoms with van der Waals surface area (Å²) in [6.07, 6.45) is 14.0. The highest BCUT2D eigenvalue weighted by Crippen LogP contribution is 2.40. The molecular weight excluding hydrogens is 484 g/mol. The number of aromatic nitrogens is 1. The van der Waals surface area contributed by atoms with Crippen LogP contribution in [0.15, 0.2) is 81.8 Å². The maximum atomic E-state index is 12.8. The number of para-hydroxylation sites is 4. The van der Waals surface area contributed by atoms with E-state index in [1.807, 2.05) is 48.5 Å². The number of halogens is 1. The molecule has 0 saturated carbocycles. The molecular formula is C26H17BrN2O4. The Bertz CT molecular complexity index is 1460. The largest absolute Gasteiger partial charge is 1.00 e. The van der Waals surface area contributed by atoms with Crippen molar-refractivity contribution in [1.82, 2.24) is 0 Å². The molecule has 3 aromatic rings. The van der Waals surface area contributed by atoms with Crippen molar-refractivity contribution >= 4 is 28.6 Å². The number of oxazole rings is 1. The number of Topliss-reactive ketones (excluding diaryl/α,β-unsaturated/α-hetero) is 1. The van der Waals surface area contributed by atoms with E-state index in [-0.39, 0.29) is 52.8 Å². The number of hydrogen-bond acceptors (Lipinski definition) is 5. The highest BCUT2D eigenvalue weighted by molar-refractivity contribution is 6.23. The average Bonchev–Trinajstić information content (AvgIpc) is 3.34. The fourth-order valence-corrected chi connectivity index (χ4v) is 3.79. The minimum absolute atomic E-state index is 0. The van der Waals surface area contributed by atoms with Gasteiger partial charge in [-0.05, 0) is 24.1 Å². The van der Waals surface area contributed by atoms with Crippen LogP contribution in [0.1, 0.15) is 5.89 Å². The quantitative estimate of drug-likeness (QED) is 0.321. The van der Waals surface area contributed by atoms with Gasteiger partial charge < -0.3 is 31.2 Å². The first kappa shape index (κ1) is 22.0. The van der Waals surface area contributed by atoms with E-state index in [0.717, 1.165) is 11.2 Å². The number of aliphatic hydroxyl groups is 1. The molecule has 1 aliphatic carbocycles. The van der Waals surface area contributed by atoms with Gasteiger partial charge in [-0.2, -0.15) is 0 Å². The monoisotopic (exact) mass is 500 g/mol. The van der Waals surface area contributed by atoms with Crippen molar-refractivity contribution in [3.05, 3.63) is 83.3 Å². The number of carbonyl (C=O) groups is 1. The van der Waals surface area contributed by atoms with Gasteiger partial charge in [0.25, 0.3) is 5.52 Å². The molecule has 0 bridgehead atoms. The van der Waals surface area contributed by atoms with Gasteiger partial charge in [-0.15, -0.1) is 17.4 Å². The number of nitrogens with zero attached hydrogens (tertiary/aromatic N) is 2. The van der Waals surface area contributed by atoms with Crippen LogP contribution in [0.25, 0.3) is 17.2 Å². The molecule has 0 fully saturated rings. The van der Waals surface area contributed by atoms with E-state index in [1.165, 1.54) is 12.2 Å². The van der Waals surface area contributed by atoms with Gasteiger partial charge in [0.15, 0.2) is 5.75 Å². The van der Waals surface area contributed by atoms with Gasteiger partial charge in [0, 0.05) is 12.1 Å². The first-order valence-corrected chi connectivity index (χ1v) is 9.86. The van der Waals surface area contributed by atoms with E-state index in [2.05, 4.69) is 11.8 Å². The Balaban J connectivity index is 0.00000259. The number of benzene rings is 2. The topological polar surface area (TPSA) is 66.8 Å². The summed E-state index contributed by atoms with van der Waals surface area (Å²) in [5.74, 6) is 6.08. The zero-order valence-electron chi connectivity index (χ0n) is 17.3. The Hall–Kier alpha value is -4.20. The molecule has 7 heteroatoms. The second-order valence-corrected chi connectivity index (χ2v) is 7.19. The molecule has 0 amide bonds. The van der Waals surface area contributed by atoms with Gasteiger partial charge >= 0.3 is 5.89 Å². The first-order chi connectivity index (χ1) is 15.6. The van der Waals surface area contributed by atoms with Crippen LogP contribution in [0.3, 0.4) is 0 Å². The number of allylic oxidation sites excluding steroid dienone is 3. The molecule has 33 heavy (non-hydrogen) atoms. The summed E-state index contributed by atoms with van der Waals surface area (Å²) < 4.78 is 13.5. The highest BCUT2D eigenvalue weighted by Gasteiger charge is 2.37. The second kappa shape index (κ2) is 8.74. The van der Waals surface area contributed by atoms with Crippen LogP contribution in [0.5, 0.6) is 5.75 Å². The number of aliphatic hydroxyl groups excluding tert-OH is 1. The van der Waals surface area contributed by atoms with Crippen molar-refractivity contribution in [2.75, 3.05) is 11.4 Å². The summed E-state index contributed by atoms with van der Waals surface area (Å²) in [6, 6.07) is 14.8. The van der Waals surface area contributed by atoms with E-state index in [0.29, 0.717) is 23.1 Å². The Morgan fingerprint density at radius 3 is 2.58 bits per heavy atom. The summed E-state index contributed by atoms with van der Waals surface area (Å²) in [7, 11) is 0. The summed E-state index contributed by atoms with van der Waals surface area (Å²) in [4.78, 5) is 14.6. The number of rotatable bonds is 4. The summed E-state index contributed by atoms with van der Waals surface area (Å²) in [5.41, 5.74) is 2.52. The van der Waals surface area contributed by atoms with Crippen molar-refractivity contribution < 1.29 is 40.6 Å². The lowest BCUT2D eigenvalue weighted by Gasteiger charge is -2.20. The van der Waals surface area contributed by atoms with Crippen LogP contribution < -0.4 is 31.2 Å². The van der Waals surface area contributed by atoms with Crippen molar-refractivity contribution in [2.45, 2.75) is 6.54 Å². The smallest absolute Gasteiger partial charge is 0.375 e. The molecule has 1 aliphatic heterocycles. The number of fused-ring (bicyclic) bond motifs is 2. The molecule has 2 aliphatic rings. The van der Waals surface area contributed by atoms with Gasteiger partial charge in [-0.1, -0.05) is 30.2 Å². The number of anilines is 1. The van der Waals surface area contributed by atoms with Crippen molar-refractivity contribution in [1.29, 1.82) is 0 Å².